The van der Waals surface area contributed by atoms with Gasteiger partial charge in [0.25, 0.3) is 0 Å². The average molecular weight is 123 g/mol. The van der Waals surface area contributed by atoms with Gasteiger partial charge in [0.05, 0.1) is 0 Å². The van der Waals surface area contributed by atoms with Crippen LogP contribution in [-0.2, 0) is 4.74 Å². The van der Waals surface area contributed by atoms with Gasteiger partial charge >= 0.3 is 13.4 Å². The van der Waals surface area contributed by atoms with Crippen LogP contribution in [0.5, 0.6) is 0 Å². The van der Waals surface area contributed by atoms with Gasteiger partial charge in [-0.25, -0.2) is 4.79 Å². The van der Waals surface area contributed by atoms with Gasteiger partial charge in [-0.15, -0.1) is 0 Å². The Balaban J connectivity index is 3.05. The molecule has 0 saturated carbocycles. The van der Waals surface area contributed by atoms with E-state index in [0.717, 1.165) is 0 Å². The van der Waals surface area contributed by atoms with Gasteiger partial charge in [-0.05, 0) is 0 Å². The van der Waals surface area contributed by atoms with Gasteiger partial charge in [0.2, 0.25) is 0 Å². The molecule has 0 heterocycles. The van der Waals surface area contributed by atoms with Crippen molar-refractivity contribution in [1.82, 2.24) is 0 Å². The summed E-state index contributed by atoms with van der Waals surface area (Å²) in [6.45, 7) is -0.921. The molecule has 0 aromatic carbocycles. The summed E-state index contributed by atoms with van der Waals surface area (Å²) in [4.78, 5) is 9.57. The van der Waals surface area contributed by atoms with Crippen molar-refractivity contribution in [3.8, 4) is 0 Å². The summed E-state index contributed by atoms with van der Waals surface area (Å²) >= 11 is 0. The van der Waals surface area contributed by atoms with Gasteiger partial charge in [-0.2, -0.15) is 0 Å². The number of carbonyl (C=O) groups is 1. The van der Waals surface area contributed by atoms with Crippen molar-refractivity contribution in [3.05, 3.63) is 0 Å². The second-order valence-corrected chi connectivity index (χ2v) is 1.02. The van der Waals surface area contributed by atoms with Crippen molar-refractivity contribution < 1.29 is 18.2 Å². The fourth-order valence-electron chi connectivity index (χ4n) is 0.145. The highest BCUT2D eigenvalue weighted by Gasteiger charge is 2.13. The van der Waals surface area contributed by atoms with E-state index >= 15 is 0 Å². The lowest BCUT2D eigenvalue weighted by Crippen LogP contribution is -2.19. The highest BCUT2D eigenvalue weighted by molar-refractivity contribution is 6.42. The second kappa shape index (κ2) is 3.23. The second-order valence-electron chi connectivity index (χ2n) is 1.02. The average Bonchev–Trinajstić information content (AvgIpc) is 1.61. The fraction of sp³-hybridized carbons (Fsp3) is 0.500. The molecule has 8 heavy (non-hydrogen) atoms. The van der Waals surface area contributed by atoms with Gasteiger partial charge in [-0.1, -0.05) is 0 Å². The third-order valence-electron chi connectivity index (χ3n) is 0.352. The molecule has 0 unspecified atom stereocenters. The van der Waals surface area contributed by atoms with Crippen molar-refractivity contribution in [2.75, 3.05) is 6.51 Å². The Hall–Kier alpha value is -0.805. The first-order valence-corrected chi connectivity index (χ1v) is 1.83. The summed E-state index contributed by atoms with van der Waals surface area (Å²) in [7, 11) is -2.64. The van der Waals surface area contributed by atoms with Crippen molar-refractivity contribution in [2.24, 2.45) is 5.73 Å². The lowest BCUT2D eigenvalue weighted by atomic mass is 10.0. The zero-order valence-corrected chi connectivity index (χ0v) is 3.93. The quantitative estimate of drug-likeness (QED) is 0.527. The van der Waals surface area contributed by atoms with Crippen molar-refractivity contribution in [2.45, 2.75) is 0 Å². The van der Waals surface area contributed by atoms with Crippen LogP contribution in [0.3, 0.4) is 0 Å². The minimum atomic E-state index is -2.64. The van der Waals surface area contributed by atoms with Crippen LogP contribution in [0.25, 0.3) is 0 Å². The summed E-state index contributed by atoms with van der Waals surface area (Å²) in [5.74, 6) is 0. The van der Waals surface area contributed by atoms with Crippen LogP contribution in [0.1, 0.15) is 0 Å². The van der Waals surface area contributed by atoms with Crippen molar-refractivity contribution in [1.29, 1.82) is 0 Å². The number of amides is 1. The molecule has 0 aliphatic rings. The van der Waals surface area contributed by atoms with E-state index in [9.17, 15) is 13.4 Å². The molecule has 0 bridgehead atoms. The molecular formula is C2H4BF2NO2. The molecule has 0 saturated heterocycles. The zero-order valence-electron chi connectivity index (χ0n) is 3.93. The number of rotatable bonds is 2. The standard InChI is InChI=1S/C2H4BF2NO2/c4-3(5)1-8-2(6)7/h1H2,(H2,6,7). The summed E-state index contributed by atoms with van der Waals surface area (Å²) in [6, 6.07) is 0. The van der Waals surface area contributed by atoms with E-state index in [1.165, 1.54) is 0 Å². The Morgan fingerprint density at radius 3 is 2.38 bits per heavy atom. The first-order valence-electron chi connectivity index (χ1n) is 1.83. The minimum absolute atomic E-state index is 0.921. The molecule has 0 aromatic heterocycles. The Morgan fingerprint density at radius 1 is 1.75 bits per heavy atom. The highest BCUT2D eigenvalue weighted by Crippen LogP contribution is 1.85. The maximum Gasteiger partial charge on any atom is 0.575 e. The predicted octanol–water partition coefficient (Wildman–Crippen LogP) is 0.0481. The number of hydrogen-bond acceptors (Lipinski definition) is 2. The van der Waals surface area contributed by atoms with Crippen molar-refractivity contribution in [3.63, 3.8) is 0 Å². The number of carbonyl (C=O) groups excluding carboxylic acids is 1. The van der Waals surface area contributed by atoms with Crippen LogP contribution in [0, 0.1) is 0 Å². The van der Waals surface area contributed by atoms with E-state index in [1.807, 2.05) is 0 Å². The number of hydrogen-bond donors (Lipinski definition) is 1. The minimum Gasteiger partial charge on any atom is -0.452 e. The van der Waals surface area contributed by atoms with E-state index in [1.54, 1.807) is 0 Å². The van der Waals surface area contributed by atoms with Gasteiger partial charge in [0.1, 0.15) is 6.51 Å². The Labute approximate surface area is 45.0 Å². The van der Waals surface area contributed by atoms with Crippen molar-refractivity contribution >= 4 is 13.4 Å². The molecule has 0 atom stereocenters. The van der Waals surface area contributed by atoms with E-state index in [4.69, 9.17) is 0 Å². The van der Waals surface area contributed by atoms with E-state index in [-0.39, 0.29) is 0 Å². The summed E-state index contributed by atoms with van der Waals surface area (Å²) in [5.41, 5.74) is 4.35. The van der Waals surface area contributed by atoms with E-state index < -0.39 is 19.9 Å². The van der Waals surface area contributed by atoms with Crippen LogP contribution in [0.2, 0.25) is 0 Å². The van der Waals surface area contributed by atoms with Crippen LogP contribution < -0.4 is 5.73 Å². The molecule has 46 valence electrons. The predicted molar refractivity (Wildman–Crippen MR) is 23.5 cm³/mol. The molecule has 0 spiro atoms. The topological polar surface area (TPSA) is 52.3 Å². The molecule has 2 N–H and O–H groups in total. The van der Waals surface area contributed by atoms with E-state index in [2.05, 4.69) is 10.5 Å². The molecule has 0 aliphatic heterocycles. The molecule has 0 fully saturated rings. The maximum atomic E-state index is 11.1. The Kier molecular flexibility index (Phi) is 2.90. The lowest BCUT2D eigenvalue weighted by molar-refractivity contribution is 0.170. The molecular weight excluding hydrogens is 119 g/mol. The summed E-state index contributed by atoms with van der Waals surface area (Å²) in [5, 5.41) is 0. The molecule has 0 aliphatic carbocycles. The smallest absolute Gasteiger partial charge is 0.452 e. The SMILES string of the molecule is NC(=O)OCB(F)F. The highest BCUT2D eigenvalue weighted by atomic mass is 19.2. The van der Waals surface area contributed by atoms with Gasteiger partial charge in [0.15, 0.2) is 0 Å². The Bertz CT molecular complexity index is 88.1. The number of ether oxygens (including phenoxy) is 1. The summed E-state index contributed by atoms with van der Waals surface area (Å²) < 4.78 is 25.8. The van der Waals surface area contributed by atoms with Crippen LogP contribution >= 0.6 is 0 Å². The molecule has 6 heteroatoms. The molecule has 0 radical (unpaired) electrons. The van der Waals surface area contributed by atoms with Crippen LogP contribution in [0.4, 0.5) is 13.4 Å². The maximum absolute atomic E-state index is 11.1. The third kappa shape index (κ3) is 5.19. The molecule has 0 aromatic rings. The van der Waals surface area contributed by atoms with Crippen LogP contribution in [0.15, 0.2) is 0 Å². The lowest BCUT2D eigenvalue weighted by Gasteiger charge is -1.93. The monoisotopic (exact) mass is 123 g/mol. The van der Waals surface area contributed by atoms with Gasteiger partial charge in [-0.3, -0.25) is 8.63 Å². The van der Waals surface area contributed by atoms with Gasteiger partial charge < -0.3 is 10.5 Å². The zero-order chi connectivity index (χ0) is 6.57. The largest absolute Gasteiger partial charge is 0.575 e. The number of halogens is 2. The number of nitrogens with two attached hydrogens (primary N) is 1. The summed E-state index contributed by atoms with van der Waals surface area (Å²) in [6.07, 6.45) is -1.18. The van der Waals surface area contributed by atoms with Crippen LogP contribution in [-0.4, -0.2) is 19.9 Å². The number of primary amides is 1. The van der Waals surface area contributed by atoms with Gasteiger partial charge in [0, 0.05) is 0 Å². The van der Waals surface area contributed by atoms with E-state index in [0.29, 0.717) is 0 Å². The first-order chi connectivity index (χ1) is 3.63. The fourth-order valence-corrected chi connectivity index (χ4v) is 0.145. The molecule has 1 amide bonds. The molecule has 0 rings (SSSR count). The first kappa shape index (κ1) is 7.19. The molecule has 3 nitrogen and oxygen atoms in total. The Morgan fingerprint density at radius 2 is 2.25 bits per heavy atom. The third-order valence-corrected chi connectivity index (χ3v) is 0.352. The normalized spacial score (nSPS) is 8.25.